The van der Waals surface area contributed by atoms with Crippen molar-refractivity contribution in [2.24, 2.45) is 0 Å². The summed E-state index contributed by atoms with van der Waals surface area (Å²) in [6, 6.07) is 11.5. The Morgan fingerprint density at radius 2 is 1.95 bits per heavy atom. The van der Waals surface area contributed by atoms with Crippen molar-refractivity contribution in [2.45, 2.75) is 13.0 Å². The highest BCUT2D eigenvalue weighted by atomic mass is 19.1. The summed E-state index contributed by atoms with van der Waals surface area (Å²) in [5.74, 6) is 0.474. The Kier molecular flexibility index (Phi) is 2.80. The van der Waals surface area contributed by atoms with E-state index in [1.807, 2.05) is 19.1 Å². The molecular weight excluding hydrogens is 243 g/mol. The number of imidazole rings is 1. The van der Waals surface area contributed by atoms with Crippen LogP contribution in [0.2, 0.25) is 0 Å². The number of nitrogens with one attached hydrogen (secondary N) is 1. The van der Waals surface area contributed by atoms with E-state index in [-0.39, 0.29) is 5.82 Å². The number of hydrogen-bond donors (Lipinski definition) is 2. The molecule has 0 radical (unpaired) electrons. The average molecular weight is 256 g/mol. The molecule has 3 aromatic rings. The maximum Gasteiger partial charge on any atom is 0.123 e. The zero-order valence-electron chi connectivity index (χ0n) is 10.4. The summed E-state index contributed by atoms with van der Waals surface area (Å²) in [7, 11) is 0. The predicted octanol–water partition coefficient (Wildman–Crippen LogP) is 3.09. The summed E-state index contributed by atoms with van der Waals surface area (Å²) in [5.41, 5.74) is 2.97. The van der Waals surface area contributed by atoms with Crippen molar-refractivity contribution in [1.82, 2.24) is 9.97 Å². The molecule has 0 fully saturated rings. The van der Waals surface area contributed by atoms with Crippen LogP contribution in [0.4, 0.5) is 4.39 Å². The highest BCUT2D eigenvalue weighted by Crippen LogP contribution is 2.25. The molecule has 1 atom stereocenters. The van der Waals surface area contributed by atoms with Crippen molar-refractivity contribution in [1.29, 1.82) is 0 Å². The van der Waals surface area contributed by atoms with Crippen LogP contribution in [0.5, 0.6) is 0 Å². The zero-order valence-corrected chi connectivity index (χ0v) is 10.4. The molecule has 1 aromatic heterocycles. The Morgan fingerprint density at radius 1 is 1.16 bits per heavy atom. The van der Waals surface area contributed by atoms with Crippen molar-refractivity contribution in [3.8, 4) is 0 Å². The fourth-order valence-corrected chi connectivity index (χ4v) is 2.19. The number of aromatic nitrogens is 2. The zero-order chi connectivity index (χ0) is 13.4. The molecule has 4 heteroatoms. The summed E-state index contributed by atoms with van der Waals surface area (Å²) in [6.45, 7) is 1.88. The maximum atomic E-state index is 13.2. The first-order valence-corrected chi connectivity index (χ1v) is 6.03. The van der Waals surface area contributed by atoms with Crippen LogP contribution < -0.4 is 0 Å². The smallest absolute Gasteiger partial charge is 0.123 e. The van der Waals surface area contributed by atoms with Crippen LogP contribution in [0, 0.1) is 12.7 Å². The number of fused-ring (bicyclic) bond motifs is 1. The van der Waals surface area contributed by atoms with Gasteiger partial charge in [-0.05, 0) is 42.3 Å². The molecule has 2 aromatic carbocycles. The molecule has 0 saturated carbocycles. The minimum Gasteiger partial charge on any atom is -0.384 e. The largest absolute Gasteiger partial charge is 0.384 e. The fourth-order valence-electron chi connectivity index (χ4n) is 2.19. The van der Waals surface area contributed by atoms with Crippen molar-refractivity contribution in [2.75, 3.05) is 0 Å². The normalized spacial score (nSPS) is 12.8. The van der Waals surface area contributed by atoms with Gasteiger partial charge in [0.05, 0.1) is 11.0 Å². The number of aliphatic hydroxyl groups is 1. The van der Waals surface area contributed by atoms with Crippen LogP contribution in [-0.2, 0) is 0 Å². The number of H-pyrrole nitrogens is 1. The van der Waals surface area contributed by atoms with Gasteiger partial charge in [-0.2, -0.15) is 0 Å². The molecule has 19 heavy (non-hydrogen) atoms. The third kappa shape index (κ3) is 2.22. The second-order valence-electron chi connectivity index (χ2n) is 4.56. The van der Waals surface area contributed by atoms with Crippen LogP contribution in [0.1, 0.15) is 23.1 Å². The number of hydrogen-bond acceptors (Lipinski definition) is 2. The van der Waals surface area contributed by atoms with Gasteiger partial charge in [-0.25, -0.2) is 9.37 Å². The molecule has 1 heterocycles. The summed E-state index contributed by atoms with van der Waals surface area (Å²) >= 11 is 0. The van der Waals surface area contributed by atoms with Gasteiger partial charge in [-0.3, -0.25) is 0 Å². The number of aromatic amines is 1. The molecule has 0 aliphatic carbocycles. The van der Waals surface area contributed by atoms with E-state index in [1.54, 1.807) is 18.2 Å². The lowest BCUT2D eigenvalue weighted by Gasteiger charge is -2.11. The minimum atomic E-state index is -0.844. The number of rotatable bonds is 2. The molecule has 0 amide bonds. The van der Waals surface area contributed by atoms with Crippen molar-refractivity contribution >= 4 is 11.0 Å². The van der Waals surface area contributed by atoms with Crippen molar-refractivity contribution < 1.29 is 9.50 Å². The second kappa shape index (κ2) is 4.48. The Morgan fingerprint density at radius 3 is 2.74 bits per heavy atom. The van der Waals surface area contributed by atoms with Gasteiger partial charge in [0, 0.05) is 0 Å². The third-order valence-corrected chi connectivity index (χ3v) is 3.10. The fraction of sp³-hybridized carbons (Fsp3) is 0.133. The van der Waals surface area contributed by atoms with E-state index < -0.39 is 6.10 Å². The molecule has 3 nitrogen and oxygen atoms in total. The van der Waals surface area contributed by atoms with E-state index in [0.29, 0.717) is 11.1 Å². The number of halogens is 1. The van der Waals surface area contributed by atoms with Gasteiger partial charge in [-0.1, -0.05) is 18.2 Å². The topological polar surface area (TPSA) is 48.9 Å². The van der Waals surface area contributed by atoms with Gasteiger partial charge >= 0.3 is 0 Å². The van der Waals surface area contributed by atoms with Crippen LogP contribution in [0.15, 0.2) is 42.5 Å². The maximum absolute atomic E-state index is 13.2. The molecule has 0 saturated heterocycles. The summed E-state index contributed by atoms with van der Waals surface area (Å²) in [4.78, 5) is 7.42. The first kappa shape index (κ1) is 11.9. The lowest BCUT2D eigenvalue weighted by atomic mass is 10.0. The van der Waals surface area contributed by atoms with E-state index >= 15 is 0 Å². The molecular formula is C15H13FN2O. The van der Waals surface area contributed by atoms with Crippen molar-refractivity contribution in [3.63, 3.8) is 0 Å². The van der Waals surface area contributed by atoms with Gasteiger partial charge in [0.1, 0.15) is 17.7 Å². The summed E-state index contributed by atoms with van der Waals surface area (Å²) in [5, 5.41) is 10.3. The van der Waals surface area contributed by atoms with Crippen LogP contribution >= 0.6 is 0 Å². The molecule has 2 N–H and O–H groups in total. The minimum absolute atomic E-state index is 0.352. The summed E-state index contributed by atoms with van der Waals surface area (Å²) in [6.07, 6.45) is -0.844. The van der Waals surface area contributed by atoms with E-state index in [4.69, 9.17) is 0 Å². The Balaban J connectivity index is 2.03. The molecule has 0 aliphatic heterocycles. The molecule has 0 spiro atoms. The molecule has 0 aliphatic rings. The quantitative estimate of drug-likeness (QED) is 0.740. The van der Waals surface area contributed by atoms with Gasteiger partial charge in [-0.15, -0.1) is 0 Å². The lowest BCUT2D eigenvalue weighted by Crippen LogP contribution is -1.99. The standard InChI is InChI=1S/C15H13FN2O/c1-9-17-13-6-5-11(8-14(13)18-9)15(19)10-3-2-4-12(16)7-10/h2-8,15,19H,1H3,(H,17,18). The average Bonchev–Trinajstić information content (AvgIpc) is 2.76. The van der Waals surface area contributed by atoms with Gasteiger partial charge in [0.2, 0.25) is 0 Å². The van der Waals surface area contributed by atoms with Crippen LogP contribution in [0.3, 0.4) is 0 Å². The Bertz CT molecular complexity index is 736. The van der Waals surface area contributed by atoms with Crippen LogP contribution in [-0.4, -0.2) is 15.1 Å². The van der Waals surface area contributed by atoms with Crippen molar-refractivity contribution in [3.05, 3.63) is 65.2 Å². The third-order valence-electron chi connectivity index (χ3n) is 3.10. The molecule has 1 unspecified atom stereocenters. The highest BCUT2D eigenvalue weighted by Gasteiger charge is 2.12. The molecule has 0 bridgehead atoms. The monoisotopic (exact) mass is 256 g/mol. The van der Waals surface area contributed by atoms with E-state index in [2.05, 4.69) is 9.97 Å². The van der Waals surface area contributed by atoms with E-state index in [1.165, 1.54) is 12.1 Å². The number of benzene rings is 2. The second-order valence-corrected chi connectivity index (χ2v) is 4.56. The SMILES string of the molecule is Cc1nc2ccc(C(O)c3cccc(F)c3)cc2[nH]1. The van der Waals surface area contributed by atoms with Gasteiger partial charge < -0.3 is 10.1 Å². The number of aryl methyl sites for hydroxylation is 1. The Labute approximate surface area is 109 Å². The van der Waals surface area contributed by atoms with E-state index in [9.17, 15) is 9.50 Å². The van der Waals surface area contributed by atoms with E-state index in [0.717, 1.165) is 16.9 Å². The highest BCUT2D eigenvalue weighted by molar-refractivity contribution is 5.76. The Hall–Kier alpha value is -2.20. The summed E-state index contributed by atoms with van der Waals surface area (Å²) < 4.78 is 13.2. The molecule has 96 valence electrons. The predicted molar refractivity (Wildman–Crippen MR) is 71.3 cm³/mol. The van der Waals surface area contributed by atoms with Gasteiger partial charge in [0.15, 0.2) is 0 Å². The van der Waals surface area contributed by atoms with Gasteiger partial charge in [0.25, 0.3) is 0 Å². The van der Waals surface area contributed by atoms with Crippen LogP contribution in [0.25, 0.3) is 11.0 Å². The first-order chi connectivity index (χ1) is 9.13. The number of nitrogens with zero attached hydrogens (tertiary/aromatic N) is 1. The first-order valence-electron chi connectivity index (χ1n) is 6.03. The lowest BCUT2D eigenvalue weighted by molar-refractivity contribution is 0.220. The number of aliphatic hydroxyl groups excluding tert-OH is 1. The molecule has 3 rings (SSSR count).